The molecule has 5 aromatic rings. The zero-order valence-corrected chi connectivity index (χ0v) is 31.4. The highest BCUT2D eigenvalue weighted by Crippen LogP contribution is 2.48. The van der Waals surface area contributed by atoms with Crippen LogP contribution in [0.15, 0.2) is 47.5 Å². The van der Waals surface area contributed by atoms with Crippen molar-refractivity contribution in [2.45, 2.75) is 57.7 Å². The van der Waals surface area contributed by atoms with Gasteiger partial charge in [-0.15, -0.1) is 5.10 Å². The first-order valence-corrected chi connectivity index (χ1v) is 17.8. The highest BCUT2D eigenvalue weighted by molar-refractivity contribution is 6.33. The predicted octanol–water partition coefficient (Wildman–Crippen LogP) is 5.61. The van der Waals surface area contributed by atoms with Crippen LogP contribution < -0.4 is 10.9 Å². The summed E-state index contributed by atoms with van der Waals surface area (Å²) in [5, 5.41) is 17.7. The Kier molecular flexibility index (Phi) is 9.86. The van der Waals surface area contributed by atoms with Crippen LogP contribution in [0.5, 0.6) is 5.75 Å². The first-order chi connectivity index (χ1) is 26.0. The average Bonchev–Trinajstić information content (AvgIpc) is 3.69. The molecule has 2 aliphatic rings. The zero-order valence-electron chi connectivity index (χ0n) is 29.9. The van der Waals surface area contributed by atoms with Crippen molar-refractivity contribution in [3.8, 4) is 17.1 Å². The number of likely N-dealkylation sites (tertiary alicyclic amines) is 1. The molecule has 1 unspecified atom stereocenters. The Morgan fingerprint density at radius 2 is 1.82 bits per heavy atom. The van der Waals surface area contributed by atoms with Crippen molar-refractivity contribution in [3.05, 3.63) is 96.9 Å². The topological polar surface area (TPSA) is 160 Å². The van der Waals surface area contributed by atoms with Crippen LogP contribution in [-0.2, 0) is 34.4 Å². The van der Waals surface area contributed by atoms with Crippen LogP contribution >= 0.6 is 23.2 Å². The first-order valence-electron chi connectivity index (χ1n) is 17.1. The Labute approximate surface area is 321 Å². The van der Waals surface area contributed by atoms with E-state index < -0.39 is 47.4 Å². The number of anilines is 1. The molecule has 55 heavy (non-hydrogen) atoms. The highest BCUT2D eigenvalue weighted by atomic mass is 35.5. The van der Waals surface area contributed by atoms with E-state index >= 15 is 0 Å². The van der Waals surface area contributed by atoms with Crippen LogP contribution in [0.4, 0.5) is 18.9 Å². The van der Waals surface area contributed by atoms with Crippen LogP contribution in [0.3, 0.4) is 0 Å². The second-order valence-electron chi connectivity index (χ2n) is 13.8. The molecule has 5 heterocycles. The van der Waals surface area contributed by atoms with Crippen LogP contribution in [0.25, 0.3) is 17.2 Å². The van der Waals surface area contributed by atoms with E-state index in [1.807, 2.05) is 25.1 Å². The molecule has 7 rings (SSSR count). The van der Waals surface area contributed by atoms with Gasteiger partial charge in [0.25, 0.3) is 11.5 Å². The minimum Gasteiger partial charge on any atom is -0.504 e. The SMILES string of the molecule is Cc1ncnc(C(=O)N2CCC3(CC2)OC(C)c2c3c(=O)n3nc(-c4ccc(CN(C)C)c(Cl)c4)nc3n2CC(=O)Nc2ccc(C(F)(F)F)cc2Cl)c1O. The van der Waals surface area contributed by atoms with E-state index in [-0.39, 0.29) is 70.9 Å². The predicted molar refractivity (Wildman–Crippen MR) is 195 cm³/mol. The van der Waals surface area contributed by atoms with E-state index in [0.29, 0.717) is 22.8 Å². The monoisotopic (exact) mass is 799 g/mol. The number of rotatable bonds is 7. The molecule has 1 saturated heterocycles. The Morgan fingerprint density at radius 1 is 1.09 bits per heavy atom. The number of carbonyl (C=O) groups excluding carboxylic acids is 2. The van der Waals surface area contributed by atoms with Gasteiger partial charge < -0.3 is 29.5 Å². The number of fused-ring (bicyclic) bond motifs is 3. The third-order valence-electron chi connectivity index (χ3n) is 9.76. The molecule has 1 fully saturated rings. The molecule has 1 atom stereocenters. The summed E-state index contributed by atoms with van der Waals surface area (Å²) in [6.07, 6.45) is -3.83. The van der Waals surface area contributed by atoms with Gasteiger partial charge in [-0.2, -0.15) is 22.7 Å². The number of aromatic hydroxyl groups is 1. The van der Waals surface area contributed by atoms with Crippen LogP contribution in [0.2, 0.25) is 10.0 Å². The number of hydrogen-bond donors (Lipinski definition) is 2. The molecule has 0 aliphatic carbocycles. The highest BCUT2D eigenvalue weighted by Gasteiger charge is 2.50. The number of hydrogen-bond acceptors (Lipinski definition) is 10. The van der Waals surface area contributed by atoms with Crippen LogP contribution in [0.1, 0.15) is 64.4 Å². The average molecular weight is 801 g/mol. The molecule has 0 saturated carbocycles. The van der Waals surface area contributed by atoms with Crippen LogP contribution in [0, 0.1) is 6.92 Å². The van der Waals surface area contributed by atoms with Crippen molar-refractivity contribution in [2.75, 3.05) is 32.5 Å². The Morgan fingerprint density at radius 3 is 2.47 bits per heavy atom. The second-order valence-corrected chi connectivity index (χ2v) is 14.6. The summed E-state index contributed by atoms with van der Waals surface area (Å²) in [4.78, 5) is 57.7. The lowest BCUT2D eigenvalue weighted by Crippen LogP contribution is -2.47. The van der Waals surface area contributed by atoms with Crippen molar-refractivity contribution in [3.63, 3.8) is 0 Å². The molecular weight excluding hydrogens is 766 g/mol. The van der Waals surface area contributed by atoms with E-state index in [9.17, 15) is 32.7 Å². The number of halogens is 5. The number of aryl methyl sites for hydroxylation is 1. The number of aromatic nitrogens is 6. The molecule has 2 amide bonds. The number of nitrogens with zero attached hydrogens (tertiary/aromatic N) is 8. The molecule has 3 aromatic heterocycles. The molecule has 0 bridgehead atoms. The Balaban J connectivity index is 1.29. The van der Waals surface area contributed by atoms with Crippen molar-refractivity contribution in [1.29, 1.82) is 0 Å². The third kappa shape index (κ3) is 7.01. The minimum atomic E-state index is -4.64. The maximum atomic E-state index is 14.5. The maximum absolute atomic E-state index is 14.5. The van der Waals surface area contributed by atoms with Gasteiger partial charge in [0.15, 0.2) is 17.3 Å². The molecule has 288 valence electrons. The Hall–Kier alpha value is -5.10. The number of piperidine rings is 1. The summed E-state index contributed by atoms with van der Waals surface area (Å²) in [6, 6.07) is 7.88. The molecule has 2 aromatic carbocycles. The van der Waals surface area contributed by atoms with Gasteiger partial charge in [-0.3, -0.25) is 14.4 Å². The van der Waals surface area contributed by atoms with Gasteiger partial charge in [0.2, 0.25) is 11.7 Å². The fourth-order valence-electron chi connectivity index (χ4n) is 7.15. The molecule has 1 spiro atoms. The molecule has 2 N–H and O–H groups in total. The quantitative estimate of drug-likeness (QED) is 0.212. The fraction of sp³-hybridized carbons (Fsp3) is 0.361. The maximum Gasteiger partial charge on any atom is 0.416 e. The van der Waals surface area contributed by atoms with Gasteiger partial charge in [-0.1, -0.05) is 35.3 Å². The normalized spacial score (nSPS) is 16.6. The van der Waals surface area contributed by atoms with Gasteiger partial charge in [0.1, 0.15) is 18.5 Å². The molecule has 14 nitrogen and oxygen atoms in total. The van der Waals surface area contributed by atoms with Crippen molar-refractivity contribution in [2.24, 2.45) is 0 Å². The number of alkyl halides is 3. The number of nitrogens with one attached hydrogen (secondary N) is 1. The summed E-state index contributed by atoms with van der Waals surface area (Å²) in [5.74, 6) is -1.34. The second kappa shape index (κ2) is 14.2. The number of benzene rings is 2. The van der Waals surface area contributed by atoms with Gasteiger partial charge in [-0.05, 0) is 70.6 Å². The summed E-state index contributed by atoms with van der Waals surface area (Å²) < 4.78 is 49.0. The number of amides is 2. The molecule has 19 heteroatoms. The van der Waals surface area contributed by atoms with E-state index in [4.69, 9.17) is 32.9 Å². The van der Waals surface area contributed by atoms with E-state index in [1.165, 1.54) is 15.8 Å². The minimum absolute atomic E-state index is 0.00984. The lowest BCUT2D eigenvalue weighted by molar-refractivity contribution is -0.137. The molecule has 2 aliphatic heterocycles. The van der Waals surface area contributed by atoms with E-state index in [1.54, 1.807) is 26.0 Å². The molecule has 0 radical (unpaired) electrons. The van der Waals surface area contributed by atoms with Crippen molar-refractivity contribution >= 4 is 46.5 Å². The summed E-state index contributed by atoms with van der Waals surface area (Å²) in [6.45, 7) is 3.68. The zero-order chi connectivity index (χ0) is 39.6. The van der Waals surface area contributed by atoms with Gasteiger partial charge in [0.05, 0.1) is 39.3 Å². The Bertz CT molecular complexity index is 2430. The number of carbonyl (C=O) groups is 2. The first kappa shape index (κ1) is 38.2. The van der Waals surface area contributed by atoms with Crippen LogP contribution in [-0.4, -0.2) is 83.0 Å². The number of ether oxygens (including phenoxy) is 1. The van der Waals surface area contributed by atoms with Gasteiger partial charge >= 0.3 is 6.18 Å². The largest absolute Gasteiger partial charge is 0.504 e. The molecular formula is C36H34Cl2F3N9O5. The summed E-state index contributed by atoms with van der Waals surface area (Å²) in [7, 11) is 3.82. The van der Waals surface area contributed by atoms with E-state index in [2.05, 4.69) is 20.4 Å². The van der Waals surface area contributed by atoms with Crippen molar-refractivity contribution in [1.82, 2.24) is 38.9 Å². The van der Waals surface area contributed by atoms with Crippen molar-refractivity contribution < 1.29 is 32.6 Å². The third-order valence-corrected chi connectivity index (χ3v) is 10.4. The van der Waals surface area contributed by atoms with Gasteiger partial charge in [0, 0.05) is 30.2 Å². The lowest BCUT2D eigenvalue weighted by Gasteiger charge is -2.39. The summed E-state index contributed by atoms with van der Waals surface area (Å²) >= 11 is 12.8. The standard InChI is InChI=1S/C36H34Cl2F3N9O5/c1-18-30(52)28(43-17-42-18)33(54)48-11-9-35(10-12-48)27-29(19(2)55-35)49(16-26(51)44-25-8-7-22(14-24(25)38)36(39,40)41)34-45-31(46-50(34)32(27)53)20-5-6-21(15-47(3)4)23(37)13-20/h5-8,13-14,17,19,52H,9-12,15-16H2,1-4H3,(H,44,51). The fourth-order valence-corrected chi connectivity index (χ4v) is 7.62. The van der Waals surface area contributed by atoms with E-state index in [0.717, 1.165) is 28.3 Å². The smallest absolute Gasteiger partial charge is 0.416 e. The lowest BCUT2D eigenvalue weighted by atomic mass is 9.85. The van der Waals surface area contributed by atoms with Gasteiger partial charge in [-0.25, -0.2) is 9.97 Å². The summed E-state index contributed by atoms with van der Waals surface area (Å²) in [5.41, 5.74) is -0.686.